The van der Waals surface area contributed by atoms with E-state index >= 15 is 0 Å². The van der Waals surface area contributed by atoms with Crippen LogP contribution in [0.25, 0.3) is 0 Å². The molecule has 2 aliphatic heterocycles. The highest BCUT2D eigenvalue weighted by Crippen LogP contribution is 2.50. The molecule has 142 valence electrons. The zero-order valence-corrected chi connectivity index (χ0v) is 16.7. The molecule has 2 aliphatic rings. The van der Waals surface area contributed by atoms with Gasteiger partial charge in [0.15, 0.2) is 0 Å². The minimum absolute atomic E-state index is 0.169. The second-order valence-electron chi connectivity index (χ2n) is 6.09. The second kappa shape index (κ2) is 6.65. The molecule has 0 saturated heterocycles. The Morgan fingerprint density at radius 2 is 1.93 bits per heavy atom. The number of amides is 1. The van der Waals surface area contributed by atoms with Gasteiger partial charge >= 0.3 is 11.9 Å². The van der Waals surface area contributed by atoms with Crippen molar-refractivity contribution in [1.29, 1.82) is 0 Å². The van der Waals surface area contributed by atoms with Crippen molar-refractivity contribution in [3.8, 4) is 0 Å². The number of carbonyl (C=O) groups excluding carboxylic acids is 3. The summed E-state index contributed by atoms with van der Waals surface area (Å²) < 4.78 is 11.2. The Morgan fingerprint density at radius 3 is 2.61 bits per heavy atom. The zero-order valence-electron chi connectivity index (χ0n) is 14.3. The molecule has 0 bridgehead atoms. The molecule has 1 spiro atoms. The first kappa shape index (κ1) is 18.5. The molecule has 7 nitrogen and oxygen atoms in total. The lowest BCUT2D eigenvalue weighted by atomic mass is 9.87. The summed E-state index contributed by atoms with van der Waals surface area (Å²) in [5, 5.41) is 5.82. The lowest BCUT2D eigenvalue weighted by Crippen LogP contribution is -2.39. The van der Waals surface area contributed by atoms with Crippen LogP contribution < -0.4 is 10.6 Å². The van der Waals surface area contributed by atoms with Gasteiger partial charge in [-0.25, -0.2) is 9.59 Å². The van der Waals surface area contributed by atoms with Gasteiger partial charge in [0.05, 0.1) is 7.11 Å². The van der Waals surface area contributed by atoms with E-state index in [0.717, 1.165) is 11.6 Å². The molecule has 2 N–H and O–H groups in total. The van der Waals surface area contributed by atoms with Gasteiger partial charge in [0.25, 0.3) is 11.5 Å². The van der Waals surface area contributed by atoms with Crippen LogP contribution in [-0.4, -0.2) is 25.0 Å². The number of fused-ring (bicyclic) bond motifs is 2. The maximum Gasteiger partial charge on any atom is 0.357 e. The summed E-state index contributed by atoms with van der Waals surface area (Å²) in [6.07, 6.45) is 0. The molecule has 0 aliphatic carbocycles. The van der Waals surface area contributed by atoms with Crippen LogP contribution in [0.5, 0.6) is 0 Å². The number of esters is 2. The average Bonchev–Trinajstić information content (AvgIpc) is 3.11. The minimum atomic E-state index is -1.97. The SMILES string of the molecule is COC(=O)C1=C(Nc2ccc(Br)cc2)C(=O)OC12C(=O)Nc1ccc(Cl)cc12. The molecule has 4 rings (SSSR count). The number of nitrogens with one attached hydrogen (secondary N) is 2. The summed E-state index contributed by atoms with van der Waals surface area (Å²) in [7, 11) is 1.16. The van der Waals surface area contributed by atoms with Crippen LogP contribution in [0.3, 0.4) is 0 Å². The van der Waals surface area contributed by atoms with Gasteiger partial charge in [-0.05, 0) is 42.5 Å². The molecule has 2 aromatic carbocycles. The summed E-state index contributed by atoms with van der Waals surface area (Å²) in [6.45, 7) is 0. The van der Waals surface area contributed by atoms with E-state index in [1.807, 2.05) is 0 Å². The van der Waals surface area contributed by atoms with Crippen molar-refractivity contribution in [3.05, 3.63) is 68.8 Å². The highest BCUT2D eigenvalue weighted by Gasteiger charge is 2.62. The summed E-state index contributed by atoms with van der Waals surface area (Å²) in [5.41, 5.74) is -1.18. The molecule has 1 atom stereocenters. The number of halogens is 2. The lowest BCUT2D eigenvalue weighted by molar-refractivity contribution is -0.156. The van der Waals surface area contributed by atoms with Crippen LogP contribution in [0.4, 0.5) is 11.4 Å². The molecule has 1 unspecified atom stereocenters. The number of benzene rings is 2. The quantitative estimate of drug-likeness (QED) is 0.678. The van der Waals surface area contributed by atoms with Crippen molar-refractivity contribution in [3.63, 3.8) is 0 Å². The molecule has 1 amide bonds. The van der Waals surface area contributed by atoms with Crippen molar-refractivity contribution >= 4 is 56.8 Å². The summed E-state index contributed by atoms with van der Waals surface area (Å²) in [5.74, 6) is -2.40. The number of ether oxygens (including phenoxy) is 2. The smallest absolute Gasteiger partial charge is 0.357 e. The molecule has 28 heavy (non-hydrogen) atoms. The normalized spacial score (nSPS) is 20.1. The van der Waals surface area contributed by atoms with Gasteiger partial charge in [0, 0.05) is 26.4 Å². The van der Waals surface area contributed by atoms with Crippen molar-refractivity contribution in [2.24, 2.45) is 0 Å². The third-order valence-corrected chi connectivity index (χ3v) is 5.25. The highest BCUT2D eigenvalue weighted by atomic mass is 79.9. The van der Waals surface area contributed by atoms with E-state index in [9.17, 15) is 14.4 Å². The Labute approximate surface area is 172 Å². The van der Waals surface area contributed by atoms with Crippen molar-refractivity contribution in [2.75, 3.05) is 17.7 Å². The van der Waals surface area contributed by atoms with Crippen LogP contribution in [-0.2, 0) is 29.5 Å². The summed E-state index contributed by atoms with van der Waals surface area (Å²) in [4.78, 5) is 38.2. The van der Waals surface area contributed by atoms with E-state index in [0.29, 0.717) is 16.4 Å². The third-order valence-electron chi connectivity index (χ3n) is 4.48. The third kappa shape index (κ3) is 2.68. The van der Waals surface area contributed by atoms with Crippen molar-refractivity contribution in [1.82, 2.24) is 0 Å². The van der Waals surface area contributed by atoms with Crippen LogP contribution >= 0.6 is 27.5 Å². The highest BCUT2D eigenvalue weighted by molar-refractivity contribution is 9.10. The molecule has 0 aromatic heterocycles. The Balaban J connectivity index is 1.92. The van der Waals surface area contributed by atoms with Crippen LogP contribution in [0.15, 0.2) is 58.2 Å². The Kier molecular flexibility index (Phi) is 4.40. The summed E-state index contributed by atoms with van der Waals surface area (Å²) >= 11 is 9.41. The molecule has 2 aromatic rings. The largest absolute Gasteiger partial charge is 0.465 e. The predicted molar refractivity (Wildman–Crippen MR) is 105 cm³/mol. The number of hydrogen-bond donors (Lipinski definition) is 2. The average molecular weight is 464 g/mol. The fraction of sp³-hybridized carbons (Fsp3) is 0.105. The van der Waals surface area contributed by atoms with Gasteiger partial charge < -0.3 is 20.1 Å². The first-order valence-corrected chi connectivity index (χ1v) is 9.24. The molecule has 9 heteroatoms. The van der Waals surface area contributed by atoms with Gasteiger partial charge in [0.2, 0.25) is 0 Å². The molecule has 0 saturated carbocycles. The van der Waals surface area contributed by atoms with Gasteiger partial charge in [-0.2, -0.15) is 0 Å². The number of rotatable bonds is 3. The monoisotopic (exact) mass is 462 g/mol. The lowest BCUT2D eigenvalue weighted by Gasteiger charge is -2.22. The number of hydrogen-bond acceptors (Lipinski definition) is 6. The van der Waals surface area contributed by atoms with Gasteiger partial charge in [-0.3, -0.25) is 4.79 Å². The van der Waals surface area contributed by atoms with E-state index in [-0.39, 0.29) is 16.8 Å². The number of methoxy groups -OCH3 is 1. The molecule has 0 radical (unpaired) electrons. The fourth-order valence-electron chi connectivity index (χ4n) is 3.26. The Morgan fingerprint density at radius 1 is 1.21 bits per heavy atom. The van der Waals surface area contributed by atoms with Crippen molar-refractivity contribution in [2.45, 2.75) is 5.60 Å². The maximum atomic E-state index is 12.9. The van der Waals surface area contributed by atoms with Gasteiger partial charge in [0.1, 0.15) is 11.3 Å². The molecular weight excluding hydrogens is 452 g/mol. The van der Waals surface area contributed by atoms with E-state index in [4.69, 9.17) is 21.1 Å². The zero-order chi connectivity index (χ0) is 20.1. The second-order valence-corrected chi connectivity index (χ2v) is 7.44. The molecule has 0 fully saturated rings. The van der Waals surface area contributed by atoms with Crippen LogP contribution in [0.2, 0.25) is 5.02 Å². The maximum absolute atomic E-state index is 12.9. The minimum Gasteiger partial charge on any atom is -0.465 e. The first-order valence-electron chi connectivity index (χ1n) is 8.07. The van der Waals surface area contributed by atoms with E-state index < -0.39 is 23.4 Å². The number of anilines is 2. The topological polar surface area (TPSA) is 93.7 Å². The Hall–Kier alpha value is -2.84. The van der Waals surface area contributed by atoms with E-state index in [1.165, 1.54) is 6.07 Å². The fourth-order valence-corrected chi connectivity index (χ4v) is 3.69. The van der Waals surface area contributed by atoms with E-state index in [2.05, 4.69) is 26.6 Å². The van der Waals surface area contributed by atoms with Gasteiger partial charge in [-0.15, -0.1) is 0 Å². The van der Waals surface area contributed by atoms with Crippen LogP contribution in [0, 0.1) is 0 Å². The predicted octanol–water partition coefficient (Wildman–Crippen LogP) is 3.35. The van der Waals surface area contributed by atoms with Gasteiger partial charge in [-0.1, -0.05) is 27.5 Å². The van der Waals surface area contributed by atoms with Crippen LogP contribution in [0.1, 0.15) is 5.56 Å². The van der Waals surface area contributed by atoms with Crippen molar-refractivity contribution < 1.29 is 23.9 Å². The first-order chi connectivity index (χ1) is 13.4. The summed E-state index contributed by atoms with van der Waals surface area (Å²) in [6, 6.07) is 11.6. The Bertz CT molecular complexity index is 1070. The number of carbonyl (C=O) groups is 3. The molecular formula is C19H12BrClN2O5. The van der Waals surface area contributed by atoms with E-state index in [1.54, 1.807) is 36.4 Å². The molecule has 2 heterocycles. The standard InChI is InChI=1S/C19H12BrClN2O5/c1-27-16(24)14-15(22-11-5-2-9(20)3-6-11)17(25)28-19(14)12-8-10(21)4-7-13(12)23-18(19)26/h2-8,22H,1H3,(H,23,26).